The van der Waals surface area contributed by atoms with E-state index in [1.807, 2.05) is 37.1 Å². The van der Waals surface area contributed by atoms with Crippen LogP contribution in [0, 0.1) is 0 Å². The van der Waals surface area contributed by atoms with E-state index in [-0.39, 0.29) is 18.0 Å². The molecule has 0 fully saturated rings. The molecule has 0 saturated heterocycles. The molecule has 1 amide bonds. The molecule has 1 aromatic heterocycles. The fraction of sp³-hybridized carbons (Fsp3) is 0.538. The fourth-order valence-corrected chi connectivity index (χ4v) is 1.90. The van der Waals surface area contributed by atoms with Gasteiger partial charge in [-0.25, -0.2) is 0 Å². The Kier molecular flexibility index (Phi) is 5.25. The Hall–Kier alpha value is -1.46. The summed E-state index contributed by atoms with van der Waals surface area (Å²) in [5.74, 6) is 0.0547. The van der Waals surface area contributed by atoms with Crippen molar-refractivity contribution in [3.05, 3.63) is 30.1 Å². The number of hydrogen-bond acceptors (Lipinski definition) is 4. The zero-order chi connectivity index (χ0) is 13.7. The van der Waals surface area contributed by atoms with E-state index in [2.05, 4.69) is 4.98 Å². The van der Waals surface area contributed by atoms with Crippen molar-refractivity contribution in [2.45, 2.75) is 19.0 Å². The molecule has 0 aliphatic carbocycles. The van der Waals surface area contributed by atoms with Crippen molar-refractivity contribution >= 4 is 5.91 Å². The first-order valence-electron chi connectivity index (χ1n) is 6.00. The van der Waals surface area contributed by atoms with E-state index < -0.39 is 0 Å². The number of likely N-dealkylation sites (N-methyl/N-ethyl adjacent to an activating group) is 2. The van der Waals surface area contributed by atoms with E-state index in [4.69, 9.17) is 5.73 Å². The second-order valence-electron chi connectivity index (χ2n) is 4.76. The van der Waals surface area contributed by atoms with Crippen LogP contribution in [0.4, 0.5) is 0 Å². The number of amides is 1. The van der Waals surface area contributed by atoms with Crippen LogP contribution in [-0.2, 0) is 4.79 Å². The summed E-state index contributed by atoms with van der Waals surface area (Å²) in [6, 6.07) is 5.58. The number of nitrogens with two attached hydrogens (primary N) is 1. The van der Waals surface area contributed by atoms with Gasteiger partial charge in [-0.2, -0.15) is 0 Å². The Balaban J connectivity index is 2.83. The molecule has 5 nitrogen and oxygen atoms in total. The molecule has 0 aliphatic rings. The van der Waals surface area contributed by atoms with Crippen molar-refractivity contribution in [2.75, 3.05) is 27.7 Å². The number of pyridine rings is 1. The zero-order valence-electron chi connectivity index (χ0n) is 11.5. The first-order valence-corrected chi connectivity index (χ1v) is 6.00. The highest BCUT2D eigenvalue weighted by atomic mass is 16.2. The third-order valence-electron chi connectivity index (χ3n) is 2.85. The molecule has 0 spiro atoms. The van der Waals surface area contributed by atoms with Crippen LogP contribution in [0.5, 0.6) is 0 Å². The van der Waals surface area contributed by atoms with Gasteiger partial charge in [0.2, 0.25) is 5.91 Å². The van der Waals surface area contributed by atoms with Gasteiger partial charge in [0, 0.05) is 26.3 Å². The van der Waals surface area contributed by atoms with Gasteiger partial charge in [0.25, 0.3) is 0 Å². The average Bonchev–Trinajstić information content (AvgIpc) is 2.29. The Morgan fingerprint density at radius 3 is 2.50 bits per heavy atom. The molecular formula is C13H22N4O. The minimum atomic E-state index is -0.0973. The number of carbonyl (C=O) groups excluding carboxylic acids is 1. The van der Waals surface area contributed by atoms with Crippen LogP contribution in [0.25, 0.3) is 0 Å². The summed E-state index contributed by atoms with van der Waals surface area (Å²) in [7, 11) is 5.39. The molecule has 0 radical (unpaired) electrons. The van der Waals surface area contributed by atoms with Crippen molar-refractivity contribution in [1.29, 1.82) is 0 Å². The summed E-state index contributed by atoms with van der Waals surface area (Å²) in [6.45, 7) is 2.26. The van der Waals surface area contributed by atoms with E-state index in [0.29, 0.717) is 6.54 Å². The number of aromatic nitrogens is 1. The Morgan fingerprint density at radius 2 is 2.06 bits per heavy atom. The summed E-state index contributed by atoms with van der Waals surface area (Å²) >= 11 is 0. The van der Waals surface area contributed by atoms with Gasteiger partial charge in [0.15, 0.2) is 0 Å². The lowest BCUT2D eigenvalue weighted by Gasteiger charge is -2.30. The van der Waals surface area contributed by atoms with Gasteiger partial charge in [0.05, 0.1) is 18.3 Å². The summed E-state index contributed by atoms with van der Waals surface area (Å²) < 4.78 is 0. The standard InChI is InChI=1S/C13H22N4O/c1-10(14)13(11-7-5-6-8-15-11)17(4)9-12(18)16(2)3/h5-8,10,13H,9,14H2,1-4H3. The highest BCUT2D eigenvalue weighted by molar-refractivity contribution is 5.77. The van der Waals surface area contributed by atoms with Crippen molar-refractivity contribution in [1.82, 2.24) is 14.8 Å². The van der Waals surface area contributed by atoms with Gasteiger partial charge >= 0.3 is 0 Å². The molecule has 2 atom stereocenters. The predicted molar refractivity (Wildman–Crippen MR) is 72.0 cm³/mol. The quantitative estimate of drug-likeness (QED) is 0.826. The molecule has 0 saturated carbocycles. The molecule has 0 aromatic carbocycles. The van der Waals surface area contributed by atoms with Gasteiger partial charge in [0.1, 0.15) is 0 Å². The van der Waals surface area contributed by atoms with Gasteiger partial charge in [-0.05, 0) is 26.1 Å². The van der Waals surface area contributed by atoms with E-state index in [9.17, 15) is 4.79 Å². The van der Waals surface area contributed by atoms with Crippen LogP contribution in [0.1, 0.15) is 18.7 Å². The lowest BCUT2D eigenvalue weighted by molar-refractivity contribution is -0.130. The number of hydrogen-bond donors (Lipinski definition) is 1. The molecule has 2 N–H and O–H groups in total. The fourth-order valence-electron chi connectivity index (χ4n) is 1.90. The molecule has 100 valence electrons. The summed E-state index contributed by atoms with van der Waals surface area (Å²) in [4.78, 5) is 19.6. The topological polar surface area (TPSA) is 62.5 Å². The maximum Gasteiger partial charge on any atom is 0.236 e. The molecule has 18 heavy (non-hydrogen) atoms. The first kappa shape index (κ1) is 14.6. The van der Waals surface area contributed by atoms with Crippen LogP contribution >= 0.6 is 0 Å². The smallest absolute Gasteiger partial charge is 0.236 e. The molecule has 1 aromatic rings. The summed E-state index contributed by atoms with van der Waals surface area (Å²) in [5, 5.41) is 0. The molecule has 5 heteroatoms. The molecular weight excluding hydrogens is 228 g/mol. The maximum atomic E-state index is 11.7. The van der Waals surface area contributed by atoms with Crippen LogP contribution < -0.4 is 5.73 Å². The Bertz CT molecular complexity index is 378. The molecule has 0 aliphatic heterocycles. The van der Waals surface area contributed by atoms with E-state index in [1.165, 1.54) is 0 Å². The SMILES string of the molecule is CC(N)C(c1ccccn1)N(C)CC(=O)N(C)C. The van der Waals surface area contributed by atoms with Crippen molar-refractivity contribution < 1.29 is 4.79 Å². The largest absolute Gasteiger partial charge is 0.348 e. The number of nitrogens with zero attached hydrogens (tertiary/aromatic N) is 3. The minimum absolute atomic E-state index is 0.0547. The van der Waals surface area contributed by atoms with Crippen LogP contribution in [0.2, 0.25) is 0 Å². The first-order chi connectivity index (χ1) is 8.43. The van der Waals surface area contributed by atoms with Crippen LogP contribution in [0.3, 0.4) is 0 Å². The zero-order valence-corrected chi connectivity index (χ0v) is 11.5. The molecule has 0 bridgehead atoms. The number of rotatable bonds is 5. The lowest BCUT2D eigenvalue weighted by Crippen LogP contribution is -2.42. The average molecular weight is 250 g/mol. The summed E-state index contributed by atoms with van der Waals surface area (Å²) in [6.07, 6.45) is 1.74. The Morgan fingerprint density at radius 1 is 1.39 bits per heavy atom. The summed E-state index contributed by atoms with van der Waals surface area (Å²) in [5.41, 5.74) is 6.91. The molecule has 2 unspecified atom stereocenters. The van der Waals surface area contributed by atoms with Crippen LogP contribution in [0.15, 0.2) is 24.4 Å². The monoisotopic (exact) mass is 250 g/mol. The van der Waals surface area contributed by atoms with Gasteiger partial charge in [-0.1, -0.05) is 6.07 Å². The minimum Gasteiger partial charge on any atom is -0.348 e. The van der Waals surface area contributed by atoms with E-state index in [1.54, 1.807) is 25.2 Å². The van der Waals surface area contributed by atoms with E-state index >= 15 is 0 Å². The third-order valence-corrected chi connectivity index (χ3v) is 2.85. The number of carbonyl (C=O) groups is 1. The second-order valence-corrected chi connectivity index (χ2v) is 4.76. The van der Waals surface area contributed by atoms with E-state index in [0.717, 1.165) is 5.69 Å². The predicted octanol–water partition coefficient (Wildman–Crippen LogP) is 0.490. The second kappa shape index (κ2) is 6.47. The van der Waals surface area contributed by atoms with Gasteiger partial charge in [-0.15, -0.1) is 0 Å². The van der Waals surface area contributed by atoms with Crippen molar-refractivity contribution in [3.63, 3.8) is 0 Å². The maximum absolute atomic E-state index is 11.7. The highest BCUT2D eigenvalue weighted by Crippen LogP contribution is 2.19. The molecule has 1 rings (SSSR count). The van der Waals surface area contributed by atoms with Crippen molar-refractivity contribution in [2.24, 2.45) is 5.73 Å². The highest BCUT2D eigenvalue weighted by Gasteiger charge is 2.24. The van der Waals surface area contributed by atoms with Gasteiger partial charge in [-0.3, -0.25) is 14.7 Å². The molecule has 1 heterocycles. The van der Waals surface area contributed by atoms with Crippen molar-refractivity contribution in [3.8, 4) is 0 Å². The normalized spacial score (nSPS) is 14.3. The third kappa shape index (κ3) is 3.78. The Labute approximate surface area is 109 Å². The van der Waals surface area contributed by atoms with Crippen LogP contribution in [-0.4, -0.2) is 54.4 Å². The lowest BCUT2D eigenvalue weighted by atomic mass is 10.0. The van der Waals surface area contributed by atoms with Gasteiger partial charge < -0.3 is 10.6 Å².